The zero-order valence-electron chi connectivity index (χ0n) is 17.3. The van der Waals surface area contributed by atoms with Gasteiger partial charge >= 0.3 is 0 Å². The highest BCUT2D eigenvalue weighted by atomic mass is 32.1. The zero-order chi connectivity index (χ0) is 21.4. The Bertz CT molecular complexity index is 1340. The third kappa shape index (κ3) is 3.64. The van der Waals surface area contributed by atoms with Gasteiger partial charge in [-0.05, 0) is 51.5 Å². The van der Waals surface area contributed by atoms with E-state index in [-0.39, 0.29) is 11.0 Å². The molecular weight excluding hydrogens is 396 g/mol. The van der Waals surface area contributed by atoms with Crippen LogP contribution in [0.1, 0.15) is 34.1 Å². The van der Waals surface area contributed by atoms with Gasteiger partial charge in [0.25, 0.3) is 5.91 Å². The third-order valence-electron chi connectivity index (χ3n) is 5.04. The van der Waals surface area contributed by atoms with Gasteiger partial charge in [0.05, 0.1) is 11.1 Å². The predicted octanol–water partition coefficient (Wildman–Crippen LogP) is 4.72. The minimum Gasteiger partial charge on any atom is -0.332 e. The largest absolute Gasteiger partial charge is 0.332 e. The Kier molecular flexibility index (Phi) is 5.22. The molecule has 0 unspecified atom stereocenters. The number of benzene rings is 1. The van der Waals surface area contributed by atoms with Gasteiger partial charge in [-0.15, -0.1) is 11.3 Å². The molecule has 1 amide bonds. The molecule has 0 bridgehead atoms. The Labute approximate surface area is 178 Å². The van der Waals surface area contributed by atoms with Gasteiger partial charge in [0.15, 0.2) is 5.13 Å². The van der Waals surface area contributed by atoms with E-state index in [1.807, 2.05) is 37.6 Å². The lowest BCUT2D eigenvalue weighted by Crippen LogP contribution is -2.24. The average Bonchev–Trinajstić information content (AvgIpc) is 3.18. The molecule has 7 heteroatoms. The summed E-state index contributed by atoms with van der Waals surface area (Å²) in [6.07, 6.45) is 1.58. The first kappa shape index (κ1) is 20.0. The molecule has 0 fully saturated rings. The molecule has 0 aliphatic carbocycles. The molecule has 0 spiro atoms. The van der Waals surface area contributed by atoms with E-state index >= 15 is 0 Å². The Hall–Kier alpha value is -3.32. The lowest BCUT2D eigenvalue weighted by atomic mass is 10.0. The highest BCUT2D eigenvalue weighted by molar-refractivity contribution is 7.14. The van der Waals surface area contributed by atoms with Crippen LogP contribution in [0.3, 0.4) is 0 Å². The summed E-state index contributed by atoms with van der Waals surface area (Å²) in [5.74, 6) is -0.466. The maximum absolute atomic E-state index is 12.9. The number of nitrogens with zero attached hydrogens (tertiary/aromatic N) is 3. The number of carbonyl (C=O) groups is 1. The van der Waals surface area contributed by atoms with Crippen LogP contribution in [0.2, 0.25) is 0 Å². The molecule has 0 radical (unpaired) electrons. The van der Waals surface area contributed by atoms with Crippen molar-refractivity contribution in [2.24, 2.45) is 0 Å². The number of amides is 1. The Morgan fingerprint density at radius 3 is 2.70 bits per heavy atom. The number of nitrogens with one attached hydrogen (secondary N) is 1. The molecule has 0 aliphatic heterocycles. The standard InChI is InChI=1S/C23H22N4O2S/c1-5-27-11-18(20(28)16-9-8-15(4)24-21(16)27)22(29)26-23-25-19(12-30-23)17-10-13(2)6-7-14(17)3/h6-12H,5H2,1-4H3,(H,25,26,29). The van der Waals surface area contributed by atoms with E-state index in [2.05, 4.69) is 33.5 Å². The van der Waals surface area contributed by atoms with Crippen LogP contribution in [0.5, 0.6) is 0 Å². The topological polar surface area (TPSA) is 76.9 Å². The molecule has 4 rings (SSSR count). The number of carbonyl (C=O) groups excluding carboxylic acids is 1. The second-order valence-corrected chi connectivity index (χ2v) is 8.15. The molecule has 30 heavy (non-hydrogen) atoms. The fraction of sp³-hybridized carbons (Fsp3) is 0.217. The minimum atomic E-state index is -0.466. The molecule has 152 valence electrons. The van der Waals surface area contributed by atoms with E-state index in [0.29, 0.717) is 22.7 Å². The monoisotopic (exact) mass is 418 g/mol. The number of hydrogen-bond acceptors (Lipinski definition) is 5. The Morgan fingerprint density at radius 1 is 1.13 bits per heavy atom. The Balaban J connectivity index is 1.68. The smallest absolute Gasteiger partial charge is 0.262 e. The molecule has 3 heterocycles. The van der Waals surface area contributed by atoms with E-state index in [1.165, 1.54) is 11.3 Å². The molecule has 0 atom stereocenters. The van der Waals surface area contributed by atoms with Gasteiger partial charge in [-0.2, -0.15) is 0 Å². The SMILES string of the molecule is CCn1cc(C(=O)Nc2nc(-c3cc(C)ccc3C)cs2)c(=O)c2ccc(C)nc21. The van der Waals surface area contributed by atoms with Crippen molar-refractivity contribution in [3.8, 4) is 11.3 Å². The van der Waals surface area contributed by atoms with Crippen molar-refractivity contribution < 1.29 is 4.79 Å². The van der Waals surface area contributed by atoms with Crippen LogP contribution >= 0.6 is 11.3 Å². The average molecular weight is 419 g/mol. The molecular formula is C23H22N4O2S. The van der Waals surface area contributed by atoms with Crippen LogP contribution in [-0.2, 0) is 6.54 Å². The second kappa shape index (κ2) is 7.84. The van der Waals surface area contributed by atoms with Gasteiger partial charge in [0.1, 0.15) is 11.2 Å². The molecule has 1 N–H and O–H groups in total. The van der Waals surface area contributed by atoms with Crippen LogP contribution in [0.25, 0.3) is 22.3 Å². The van der Waals surface area contributed by atoms with Gasteiger partial charge in [-0.1, -0.05) is 17.7 Å². The summed E-state index contributed by atoms with van der Waals surface area (Å²) in [6.45, 7) is 8.49. The summed E-state index contributed by atoms with van der Waals surface area (Å²) in [4.78, 5) is 34.8. The minimum absolute atomic E-state index is 0.0819. The third-order valence-corrected chi connectivity index (χ3v) is 5.80. The first-order valence-corrected chi connectivity index (χ1v) is 10.6. The van der Waals surface area contributed by atoms with Crippen LogP contribution in [0.15, 0.2) is 46.7 Å². The summed E-state index contributed by atoms with van der Waals surface area (Å²) in [6, 6.07) is 9.70. The van der Waals surface area contributed by atoms with E-state index in [0.717, 1.165) is 28.1 Å². The number of thiazole rings is 1. The molecule has 6 nitrogen and oxygen atoms in total. The molecule has 3 aromatic heterocycles. The van der Waals surface area contributed by atoms with E-state index < -0.39 is 5.91 Å². The predicted molar refractivity (Wildman–Crippen MR) is 121 cm³/mol. The maximum atomic E-state index is 12.9. The lowest BCUT2D eigenvalue weighted by molar-refractivity contribution is 0.102. The van der Waals surface area contributed by atoms with E-state index in [1.54, 1.807) is 18.3 Å². The number of aromatic nitrogens is 3. The van der Waals surface area contributed by atoms with Gasteiger partial charge < -0.3 is 4.57 Å². The normalized spacial score (nSPS) is 11.1. The highest BCUT2D eigenvalue weighted by Gasteiger charge is 2.18. The van der Waals surface area contributed by atoms with Crippen molar-refractivity contribution in [3.05, 3.63) is 74.5 Å². The summed E-state index contributed by atoms with van der Waals surface area (Å²) < 4.78 is 1.82. The number of fused-ring (bicyclic) bond motifs is 1. The summed E-state index contributed by atoms with van der Waals surface area (Å²) in [5.41, 5.74) is 5.27. The van der Waals surface area contributed by atoms with Crippen LogP contribution in [0, 0.1) is 20.8 Å². The fourth-order valence-corrected chi connectivity index (χ4v) is 4.10. The molecule has 0 saturated carbocycles. The quantitative estimate of drug-likeness (QED) is 0.520. The first-order chi connectivity index (χ1) is 14.4. The van der Waals surface area contributed by atoms with Gasteiger partial charge in [-0.25, -0.2) is 9.97 Å². The van der Waals surface area contributed by atoms with Crippen molar-refractivity contribution in [3.63, 3.8) is 0 Å². The van der Waals surface area contributed by atoms with Crippen LogP contribution in [0.4, 0.5) is 5.13 Å². The highest BCUT2D eigenvalue weighted by Crippen LogP contribution is 2.28. The molecule has 4 aromatic rings. The van der Waals surface area contributed by atoms with Crippen molar-refractivity contribution in [2.45, 2.75) is 34.2 Å². The van der Waals surface area contributed by atoms with Crippen molar-refractivity contribution >= 4 is 33.4 Å². The molecule has 0 aliphatic rings. The zero-order valence-corrected chi connectivity index (χ0v) is 18.1. The summed E-state index contributed by atoms with van der Waals surface area (Å²) in [7, 11) is 0. The summed E-state index contributed by atoms with van der Waals surface area (Å²) in [5, 5.41) is 5.59. The molecule has 1 aromatic carbocycles. The number of hydrogen-bond donors (Lipinski definition) is 1. The van der Waals surface area contributed by atoms with Crippen LogP contribution in [-0.4, -0.2) is 20.4 Å². The fourth-order valence-electron chi connectivity index (χ4n) is 3.39. The molecule has 0 saturated heterocycles. The van der Waals surface area contributed by atoms with Crippen molar-refractivity contribution in [1.29, 1.82) is 0 Å². The van der Waals surface area contributed by atoms with Gasteiger partial charge in [0.2, 0.25) is 5.43 Å². The maximum Gasteiger partial charge on any atom is 0.262 e. The van der Waals surface area contributed by atoms with E-state index in [9.17, 15) is 9.59 Å². The lowest BCUT2D eigenvalue weighted by Gasteiger charge is -2.11. The number of pyridine rings is 2. The first-order valence-electron chi connectivity index (χ1n) is 9.72. The summed E-state index contributed by atoms with van der Waals surface area (Å²) >= 11 is 1.34. The van der Waals surface area contributed by atoms with Crippen molar-refractivity contribution in [2.75, 3.05) is 5.32 Å². The number of aryl methyl sites for hydroxylation is 4. The van der Waals surface area contributed by atoms with Gasteiger partial charge in [0, 0.05) is 29.4 Å². The van der Waals surface area contributed by atoms with Gasteiger partial charge in [-0.3, -0.25) is 14.9 Å². The Morgan fingerprint density at radius 2 is 1.93 bits per heavy atom. The number of rotatable bonds is 4. The van der Waals surface area contributed by atoms with Crippen LogP contribution < -0.4 is 10.7 Å². The van der Waals surface area contributed by atoms with E-state index in [4.69, 9.17) is 0 Å². The van der Waals surface area contributed by atoms with Crippen molar-refractivity contribution in [1.82, 2.24) is 14.5 Å². The second-order valence-electron chi connectivity index (χ2n) is 7.29. The number of anilines is 1.